The summed E-state index contributed by atoms with van der Waals surface area (Å²) in [5.74, 6) is 0.359. The van der Waals surface area contributed by atoms with Gasteiger partial charge in [-0.15, -0.1) is 0 Å². The maximum Gasteiger partial charge on any atom is 0.0821 e. The third-order valence-corrected chi connectivity index (χ3v) is 3.14. The molecule has 2 nitrogen and oxygen atoms in total. The monoisotopic (exact) mass is 207 g/mol. The van der Waals surface area contributed by atoms with Crippen molar-refractivity contribution >= 4 is 0 Å². The van der Waals surface area contributed by atoms with E-state index < -0.39 is 0 Å². The lowest BCUT2D eigenvalue weighted by molar-refractivity contribution is 0.102. The first-order chi connectivity index (χ1) is 7.24. The van der Waals surface area contributed by atoms with E-state index in [4.69, 9.17) is 0 Å². The van der Waals surface area contributed by atoms with Gasteiger partial charge in [0.05, 0.1) is 6.10 Å². The SMILES string of the molecule is CCc1cnccc1C(O)C(CC)CC. The Labute approximate surface area is 92.4 Å². The van der Waals surface area contributed by atoms with E-state index in [0.29, 0.717) is 5.92 Å². The molecule has 0 radical (unpaired) electrons. The molecule has 1 rings (SSSR count). The van der Waals surface area contributed by atoms with Gasteiger partial charge in [-0.3, -0.25) is 4.98 Å². The molecule has 1 aromatic heterocycles. The van der Waals surface area contributed by atoms with E-state index in [2.05, 4.69) is 25.8 Å². The first-order valence-corrected chi connectivity index (χ1v) is 5.85. The topological polar surface area (TPSA) is 33.1 Å². The smallest absolute Gasteiger partial charge is 0.0821 e. The van der Waals surface area contributed by atoms with Gasteiger partial charge in [-0.2, -0.15) is 0 Å². The number of nitrogens with zero attached hydrogens (tertiary/aromatic N) is 1. The minimum absolute atomic E-state index is 0.335. The van der Waals surface area contributed by atoms with Crippen LogP contribution in [0.1, 0.15) is 50.8 Å². The molecule has 1 aromatic rings. The molecule has 0 bridgehead atoms. The number of rotatable bonds is 5. The number of hydrogen-bond donors (Lipinski definition) is 1. The Morgan fingerprint density at radius 2 is 1.93 bits per heavy atom. The Balaban J connectivity index is 2.93. The maximum atomic E-state index is 10.3. The normalized spacial score (nSPS) is 13.1. The molecule has 0 saturated heterocycles. The predicted octanol–water partition coefficient (Wildman–Crippen LogP) is 3.11. The van der Waals surface area contributed by atoms with Crippen LogP contribution in [0.15, 0.2) is 18.5 Å². The van der Waals surface area contributed by atoms with Crippen molar-refractivity contribution in [2.24, 2.45) is 5.92 Å². The largest absolute Gasteiger partial charge is 0.388 e. The second kappa shape index (κ2) is 5.86. The summed E-state index contributed by atoms with van der Waals surface area (Å²) in [5, 5.41) is 10.3. The van der Waals surface area contributed by atoms with E-state index in [1.165, 1.54) is 0 Å². The van der Waals surface area contributed by atoms with Crippen LogP contribution in [-0.4, -0.2) is 10.1 Å². The lowest BCUT2D eigenvalue weighted by Crippen LogP contribution is -2.13. The molecule has 1 heterocycles. The molecule has 1 N–H and O–H groups in total. The molecular weight excluding hydrogens is 186 g/mol. The highest BCUT2D eigenvalue weighted by atomic mass is 16.3. The minimum atomic E-state index is -0.335. The first-order valence-electron chi connectivity index (χ1n) is 5.85. The Hall–Kier alpha value is -0.890. The molecule has 0 spiro atoms. The Morgan fingerprint density at radius 1 is 1.27 bits per heavy atom. The summed E-state index contributed by atoms with van der Waals surface area (Å²) in [6.07, 6.45) is 6.26. The minimum Gasteiger partial charge on any atom is -0.388 e. The van der Waals surface area contributed by atoms with Gasteiger partial charge in [-0.1, -0.05) is 33.6 Å². The summed E-state index contributed by atoms with van der Waals surface area (Å²) >= 11 is 0. The highest BCUT2D eigenvalue weighted by Gasteiger charge is 2.19. The van der Waals surface area contributed by atoms with Crippen molar-refractivity contribution in [1.82, 2.24) is 4.98 Å². The van der Waals surface area contributed by atoms with Crippen molar-refractivity contribution in [2.45, 2.75) is 46.1 Å². The molecule has 1 unspecified atom stereocenters. The number of aliphatic hydroxyl groups is 1. The van der Waals surface area contributed by atoms with Crippen LogP contribution >= 0.6 is 0 Å². The van der Waals surface area contributed by atoms with Crippen LogP contribution in [0.4, 0.5) is 0 Å². The van der Waals surface area contributed by atoms with Gasteiger partial charge in [-0.05, 0) is 29.5 Å². The summed E-state index contributed by atoms with van der Waals surface area (Å²) in [4.78, 5) is 4.10. The molecule has 0 aromatic carbocycles. The van der Waals surface area contributed by atoms with E-state index in [1.54, 1.807) is 6.20 Å². The summed E-state index contributed by atoms with van der Waals surface area (Å²) < 4.78 is 0. The molecule has 0 aliphatic rings. The average Bonchev–Trinajstić information content (AvgIpc) is 2.30. The number of pyridine rings is 1. The standard InChI is InChI=1S/C13H21NO/c1-4-10(5-2)13(15)12-7-8-14-9-11(12)6-3/h7-10,13,15H,4-6H2,1-3H3. The third kappa shape index (κ3) is 2.78. The van der Waals surface area contributed by atoms with Crippen molar-refractivity contribution in [3.8, 4) is 0 Å². The number of aryl methyl sites for hydroxylation is 1. The molecule has 0 aliphatic heterocycles. The number of aromatic nitrogens is 1. The van der Waals surface area contributed by atoms with E-state index in [1.807, 2.05) is 12.3 Å². The van der Waals surface area contributed by atoms with Gasteiger partial charge in [0, 0.05) is 12.4 Å². The van der Waals surface area contributed by atoms with Crippen LogP contribution in [0, 0.1) is 5.92 Å². The van der Waals surface area contributed by atoms with Crippen LogP contribution in [-0.2, 0) is 6.42 Å². The Kier molecular flexibility index (Phi) is 4.76. The maximum absolute atomic E-state index is 10.3. The van der Waals surface area contributed by atoms with E-state index in [0.717, 1.165) is 30.4 Å². The molecule has 0 saturated carbocycles. The average molecular weight is 207 g/mol. The van der Waals surface area contributed by atoms with Crippen molar-refractivity contribution in [1.29, 1.82) is 0 Å². The quantitative estimate of drug-likeness (QED) is 0.804. The molecule has 15 heavy (non-hydrogen) atoms. The van der Waals surface area contributed by atoms with Gasteiger partial charge < -0.3 is 5.11 Å². The van der Waals surface area contributed by atoms with Crippen molar-refractivity contribution < 1.29 is 5.11 Å². The zero-order valence-corrected chi connectivity index (χ0v) is 9.90. The molecule has 84 valence electrons. The highest BCUT2D eigenvalue weighted by Crippen LogP contribution is 2.29. The fourth-order valence-corrected chi connectivity index (χ4v) is 2.01. The summed E-state index contributed by atoms with van der Waals surface area (Å²) in [6.45, 7) is 6.36. The second-order valence-electron chi connectivity index (χ2n) is 3.95. The molecule has 0 amide bonds. The van der Waals surface area contributed by atoms with Crippen LogP contribution in [0.2, 0.25) is 0 Å². The Bertz CT molecular complexity index is 294. The van der Waals surface area contributed by atoms with Crippen LogP contribution in [0.3, 0.4) is 0 Å². The lowest BCUT2D eigenvalue weighted by atomic mass is 9.89. The van der Waals surface area contributed by atoms with Gasteiger partial charge in [0.1, 0.15) is 0 Å². The lowest BCUT2D eigenvalue weighted by Gasteiger charge is -2.22. The van der Waals surface area contributed by atoms with E-state index in [-0.39, 0.29) is 6.10 Å². The third-order valence-electron chi connectivity index (χ3n) is 3.14. The van der Waals surface area contributed by atoms with Gasteiger partial charge in [0.15, 0.2) is 0 Å². The highest BCUT2D eigenvalue weighted by molar-refractivity contribution is 5.26. The summed E-state index contributed by atoms with van der Waals surface area (Å²) in [5.41, 5.74) is 2.22. The molecule has 0 fully saturated rings. The fraction of sp³-hybridized carbons (Fsp3) is 0.615. The van der Waals surface area contributed by atoms with Gasteiger partial charge in [-0.25, -0.2) is 0 Å². The molecule has 2 heteroatoms. The summed E-state index contributed by atoms with van der Waals surface area (Å²) in [6, 6.07) is 1.95. The van der Waals surface area contributed by atoms with Gasteiger partial charge >= 0.3 is 0 Å². The summed E-state index contributed by atoms with van der Waals surface area (Å²) in [7, 11) is 0. The molecular formula is C13H21NO. The van der Waals surface area contributed by atoms with Crippen LogP contribution in [0.5, 0.6) is 0 Å². The first kappa shape index (κ1) is 12.2. The molecule has 1 atom stereocenters. The van der Waals surface area contributed by atoms with Crippen molar-refractivity contribution in [3.05, 3.63) is 29.6 Å². The zero-order chi connectivity index (χ0) is 11.3. The zero-order valence-electron chi connectivity index (χ0n) is 9.90. The van der Waals surface area contributed by atoms with Crippen LogP contribution in [0.25, 0.3) is 0 Å². The molecule has 0 aliphatic carbocycles. The van der Waals surface area contributed by atoms with Crippen LogP contribution < -0.4 is 0 Å². The number of aliphatic hydroxyl groups excluding tert-OH is 1. The second-order valence-corrected chi connectivity index (χ2v) is 3.95. The van der Waals surface area contributed by atoms with Gasteiger partial charge in [0.25, 0.3) is 0 Å². The Morgan fingerprint density at radius 3 is 2.47 bits per heavy atom. The predicted molar refractivity (Wildman–Crippen MR) is 62.6 cm³/mol. The number of hydrogen-bond acceptors (Lipinski definition) is 2. The van der Waals surface area contributed by atoms with E-state index >= 15 is 0 Å². The van der Waals surface area contributed by atoms with Crippen molar-refractivity contribution in [3.63, 3.8) is 0 Å². The fourth-order valence-electron chi connectivity index (χ4n) is 2.01. The van der Waals surface area contributed by atoms with E-state index in [9.17, 15) is 5.11 Å². The van der Waals surface area contributed by atoms with Gasteiger partial charge in [0.2, 0.25) is 0 Å². The van der Waals surface area contributed by atoms with Crippen molar-refractivity contribution in [2.75, 3.05) is 0 Å².